The Kier molecular flexibility index (Phi) is 5.31. The normalized spacial score (nSPS) is 28.8. The lowest BCUT2D eigenvalue weighted by molar-refractivity contribution is -0.121. The molecule has 31 heavy (non-hydrogen) atoms. The highest BCUT2D eigenvalue weighted by Gasteiger charge is 2.50. The smallest absolute Gasteiger partial charge is 0.339 e. The van der Waals surface area contributed by atoms with Crippen LogP contribution in [0.1, 0.15) is 62.5 Å². The highest BCUT2D eigenvalue weighted by Crippen LogP contribution is 2.61. The largest absolute Gasteiger partial charge is 0.497 e. The Bertz CT molecular complexity index is 1020. The summed E-state index contributed by atoms with van der Waals surface area (Å²) in [6, 6.07) is 5.49. The van der Waals surface area contributed by atoms with Gasteiger partial charge in [-0.05, 0) is 99.2 Å². The van der Waals surface area contributed by atoms with Gasteiger partial charge in [0.25, 0.3) is 0 Å². The molecule has 0 atom stereocenters. The Hall–Kier alpha value is -2.30. The highest BCUT2D eigenvalue weighted by atomic mass is 16.5. The summed E-state index contributed by atoms with van der Waals surface area (Å²) in [6.07, 6.45) is 10.3. The molecule has 4 saturated carbocycles. The van der Waals surface area contributed by atoms with Crippen LogP contribution < -0.4 is 15.7 Å². The zero-order valence-corrected chi connectivity index (χ0v) is 18.7. The van der Waals surface area contributed by atoms with Crippen LogP contribution in [0.2, 0.25) is 0 Å². The number of aryl methyl sites for hydroxylation is 1. The molecule has 0 radical (unpaired) electrons. The molecule has 1 aromatic carbocycles. The summed E-state index contributed by atoms with van der Waals surface area (Å²) in [5, 5.41) is 4.02. The molecule has 2 aromatic rings. The molecule has 1 N–H and O–H groups in total. The van der Waals surface area contributed by atoms with E-state index in [1.165, 1.54) is 38.5 Å². The predicted octanol–water partition coefficient (Wildman–Crippen LogP) is 4.77. The Morgan fingerprint density at radius 2 is 1.84 bits per heavy atom. The summed E-state index contributed by atoms with van der Waals surface area (Å²) in [4.78, 5) is 25.0. The number of rotatable bonds is 7. The van der Waals surface area contributed by atoms with E-state index in [4.69, 9.17) is 9.15 Å². The monoisotopic (exact) mass is 423 g/mol. The molecule has 4 bridgehead atoms. The topological polar surface area (TPSA) is 68.5 Å². The van der Waals surface area contributed by atoms with Gasteiger partial charge < -0.3 is 14.5 Å². The number of carbonyl (C=O) groups excluding carboxylic acids is 1. The molecule has 0 aliphatic heterocycles. The van der Waals surface area contributed by atoms with Gasteiger partial charge in [-0.2, -0.15) is 0 Å². The molecule has 0 unspecified atom stereocenters. The molecule has 0 saturated heterocycles. The number of benzene rings is 1. The minimum absolute atomic E-state index is 0.0263. The van der Waals surface area contributed by atoms with E-state index in [0.29, 0.717) is 35.2 Å². The quantitative estimate of drug-likeness (QED) is 0.652. The summed E-state index contributed by atoms with van der Waals surface area (Å²) in [5.74, 6) is 3.51. The fourth-order valence-corrected chi connectivity index (χ4v) is 7.18. The SMILES string of the molecule is COc1ccc2c(C)c(CCC(=O)NCCC34CC5CC(CC(C5)C3)C4)c(=O)oc2c1. The lowest BCUT2D eigenvalue weighted by atomic mass is 9.49. The molecule has 4 aliphatic rings. The van der Waals surface area contributed by atoms with Crippen LogP contribution in [0.25, 0.3) is 11.0 Å². The second-order valence-corrected chi connectivity index (χ2v) is 10.4. The Labute approximate surface area is 183 Å². The highest BCUT2D eigenvalue weighted by molar-refractivity contribution is 5.82. The molecule has 5 nitrogen and oxygen atoms in total. The van der Waals surface area contributed by atoms with Crippen LogP contribution in [0.3, 0.4) is 0 Å². The van der Waals surface area contributed by atoms with Gasteiger partial charge in [0, 0.05) is 30.0 Å². The van der Waals surface area contributed by atoms with Crippen molar-refractivity contribution in [3.8, 4) is 5.75 Å². The van der Waals surface area contributed by atoms with E-state index in [2.05, 4.69) is 5.32 Å². The number of carbonyl (C=O) groups is 1. The van der Waals surface area contributed by atoms with Crippen LogP contribution in [0, 0.1) is 30.1 Å². The van der Waals surface area contributed by atoms with Crippen molar-refractivity contribution in [1.82, 2.24) is 5.32 Å². The molecule has 166 valence electrons. The first kappa shape index (κ1) is 20.6. The van der Waals surface area contributed by atoms with E-state index in [9.17, 15) is 9.59 Å². The average Bonchev–Trinajstić information content (AvgIpc) is 2.72. The third-order valence-corrected chi connectivity index (χ3v) is 8.24. The summed E-state index contributed by atoms with van der Waals surface area (Å²) >= 11 is 0. The van der Waals surface area contributed by atoms with E-state index < -0.39 is 0 Å². The van der Waals surface area contributed by atoms with Crippen molar-refractivity contribution in [3.05, 3.63) is 39.7 Å². The Morgan fingerprint density at radius 1 is 1.16 bits per heavy atom. The third kappa shape index (κ3) is 3.99. The van der Waals surface area contributed by atoms with Gasteiger partial charge in [-0.3, -0.25) is 4.79 Å². The van der Waals surface area contributed by atoms with Crippen LogP contribution in [-0.4, -0.2) is 19.6 Å². The number of hydrogen-bond donors (Lipinski definition) is 1. The van der Waals surface area contributed by atoms with Gasteiger partial charge in [0.1, 0.15) is 11.3 Å². The van der Waals surface area contributed by atoms with Gasteiger partial charge in [0.05, 0.1) is 7.11 Å². The van der Waals surface area contributed by atoms with Crippen molar-refractivity contribution in [2.45, 2.75) is 64.7 Å². The van der Waals surface area contributed by atoms with Crippen molar-refractivity contribution in [2.75, 3.05) is 13.7 Å². The van der Waals surface area contributed by atoms with Gasteiger partial charge >= 0.3 is 5.63 Å². The molecule has 4 fully saturated rings. The second-order valence-electron chi connectivity index (χ2n) is 10.4. The Balaban J connectivity index is 1.17. The van der Waals surface area contributed by atoms with Crippen LogP contribution in [0.4, 0.5) is 0 Å². The Morgan fingerprint density at radius 3 is 2.48 bits per heavy atom. The lowest BCUT2D eigenvalue weighted by Gasteiger charge is -2.57. The maximum atomic E-state index is 12.5. The zero-order chi connectivity index (χ0) is 21.6. The third-order valence-electron chi connectivity index (χ3n) is 8.24. The predicted molar refractivity (Wildman–Crippen MR) is 120 cm³/mol. The molecule has 6 rings (SSSR count). The molecular formula is C26H33NO4. The molecule has 1 aromatic heterocycles. The van der Waals surface area contributed by atoms with Crippen LogP contribution in [0.15, 0.2) is 27.4 Å². The summed E-state index contributed by atoms with van der Waals surface area (Å²) < 4.78 is 10.7. The van der Waals surface area contributed by atoms with E-state index in [0.717, 1.165) is 41.7 Å². The van der Waals surface area contributed by atoms with E-state index in [1.807, 2.05) is 19.1 Å². The van der Waals surface area contributed by atoms with Gasteiger partial charge in [0.2, 0.25) is 5.91 Å². The van der Waals surface area contributed by atoms with Gasteiger partial charge in [-0.25, -0.2) is 4.79 Å². The van der Waals surface area contributed by atoms with Crippen molar-refractivity contribution in [1.29, 1.82) is 0 Å². The number of methoxy groups -OCH3 is 1. The molecule has 4 aliphatic carbocycles. The molecular weight excluding hydrogens is 390 g/mol. The number of amides is 1. The molecule has 5 heteroatoms. The van der Waals surface area contributed by atoms with E-state index in [1.54, 1.807) is 13.2 Å². The summed E-state index contributed by atoms with van der Waals surface area (Å²) in [7, 11) is 1.59. The minimum Gasteiger partial charge on any atom is -0.497 e. The number of ether oxygens (including phenoxy) is 1. The number of nitrogens with one attached hydrogen (secondary N) is 1. The van der Waals surface area contributed by atoms with Crippen molar-refractivity contribution >= 4 is 16.9 Å². The first-order valence-electron chi connectivity index (χ1n) is 11.8. The van der Waals surface area contributed by atoms with Crippen LogP contribution in [0.5, 0.6) is 5.75 Å². The second kappa shape index (κ2) is 7.99. The minimum atomic E-state index is -0.361. The number of hydrogen-bond acceptors (Lipinski definition) is 4. The molecule has 0 spiro atoms. The fraction of sp³-hybridized carbons (Fsp3) is 0.615. The van der Waals surface area contributed by atoms with Gasteiger partial charge in [-0.1, -0.05) is 0 Å². The summed E-state index contributed by atoms with van der Waals surface area (Å²) in [5.41, 5.74) is 2.12. The van der Waals surface area contributed by atoms with E-state index in [-0.39, 0.29) is 11.5 Å². The van der Waals surface area contributed by atoms with Crippen LogP contribution in [-0.2, 0) is 11.2 Å². The number of fused-ring (bicyclic) bond motifs is 1. The molecule has 1 heterocycles. The first-order valence-corrected chi connectivity index (χ1v) is 11.8. The van der Waals surface area contributed by atoms with Gasteiger partial charge in [-0.15, -0.1) is 0 Å². The lowest BCUT2D eigenvalue weighted by Crippen LogP contribution is -2.47. The standard InChI is InChI=1S/C26H33NO4/c1-16-21-4-3-20(30-2)12-23(21)31-25(29)22(16)5-6-24(28)27-8-7-26-13-17-9-18(14-26)11-19(10-17)15-26/h3-4,12,17-19H,5-11,13-15H2,1-2H3,(H,27,28). The van der Waals surface area contributed by atoms with Crippen molar-refractivity contribution < 1.29 is 13.9 Å². The zero-order valence-electron chi connectivity index (χ0n) is 18.7. The summed E-state index contributed by atoms with van der Waals surface area (Å²) in [6.45, 7) is 2.68. The van der Waals surface area contributed by atoms with E-state index >= 15 is 0 Å². The average molecular weight is 424 g/mol. The fourth-order valence-electron chi connectivity index (χ4n) is 7.18. The van der Waals surface area contributed by atoms with Crippen molar-refractivity contribution in [3.63, 3.8) is 0 Å². The van der Waals surface area contributed by atoms with Gasteiger partial charge in [0.15, 0.2) is 0 Å². The van der Waals surface area contributed by atoms with Crippen molar-refractivity contribution in [2.24, 2.45) is 23.2 Å². The van der Waals surface area contributed by atoms with Crippen LogP contribution >= 0.6 is 0 Å². The maximum absolute atomic E-state index is 12.5. The maximum Gasteiger partial charge on any atom is 0.339 e. The first-order chi connectivity index (χ1) is 14.9. The molecule has 1 amide bonds.